The summed E-state index contributed by atoms with van der Waals surface area (Å²) in [5.41, 5.74) is 10.8. The fourth-order valence-electron chi connectivity index (χ4n) is 9.98. The Kier molecular flexibility index (Phi) is 22.1. The van der Waals surface area contributed by atoms with Crippen molar-refractivity contribution < 1.29 is 37.3 Å². The number of anilines is 6. The maximum Gasteiger partial charge on any atom is 0.298 e. The minimum atomic E-state index is 0.345. The van der Waals surface area contributed by atoms with E-state index in [4.69, 9.17) is 47.2 Å². The molecule has 17 nitrogen and oxygen atoms in total. The first-order valence-electron chi connectivity index (χ1n) is 29.0. The maximum absolute atomic E-state index is 5.97. The van der Waals surface area contributed by atoms with Crippen molar-refractivity contribution >= 4 is 34.8 Å². The lowest BCUT2D eigenvalue weighted by molar-refractivity contribution is 0.0869. The van der Waals surface area contributed by atoms with Crippen molar-refractivity contribution in [2.75, 3.05) is 145 Å². The molecule has 17 heteroatoms. The molecular weight excluding hydrogens is 1060 g/mol. The highest BCUT2D eigenvalue weighted by Crippen LogP contribution is 2.28. The van der Waals surface area contributed by atoms with Crippen molar-refractivity contribution in [2.24, 2.45) is 0 Å². The van der Waals surface area contributed by atoms with Gasteiger partial charge in [-0.3, -0.25) is 0 Å². The molecule has 6 aromatic carbocycles. The maximum atomic E-state index is 5.97. The Morgan fingerprint density at radius 2 is 0.845 bits per heavy atom. The van der Waals surface area contributed by atoms with Crippen molar-refractivity contribution in [2.45, 2.75) is 52.2 Å². The smallest absolute Gasteiger partial charge is 0.298 e. The van der Waals surface area contributed by atoms with Crippen LogP contribution in [0.15, 0.2) is 167 Å². The van der Waals surface area contributed by atoms with Crippen LogP contribution in [-0.2, 0) is 48.9 Å². The van der Waals surface area contributed by atoms with Gasteiger partial charge in [-0.1, -0.05) is 60.7 Å². The number of hydrogen-bond donors (Lipinski definition) is 0. The van der Waals surface area contributed by atoms with E-state index in [2.05, 4.69) is 92.2 Å². The first-order valence-corrected chi connectivity index (χ1v) is 29.0. The normalized spacial score (nSPS) is 13.3. The van der Waals surface area contributed by atoms with E-state index in [1.165, 1.54) is 35.3 Å². The van der Waals surface area contributed by atoms with Gasteiger partial charge < -0.3 is 71.6 Å². The average molecular weight is 1140 g/mol. The van der Waals surface area contributed by atoms with Gasteiger partial charge in [0.1, 0.15) is 60.1 Å². The van der Waals surface area contributed by atoms with Crippen LogP contribution in [0.5, 0.6) is 23.0 Å². The van der Waals surface area contributed by atoms with Gasteiger partial charge >= 0.3 is 0 Å². The quantitative estimate of drug-likeness (QED) is 0.0431. The first-order chi connectivity index (χ1) is 41.0. The molecular formula is C67H83N9O8. The predicted octanol–water partition coefficient (Wildman–Crippen LogP) is 11.5. The Balaban J connectivity index is 0.000000202. The Bertz CT molecular complexity index is 3210. The second kappa shape index (κ2) is 30.8. The summed E-state index contributed by atoms with van der Waals surface area (Å²) in [5.74, 6) is 3.30. The van der Waals surface area contributed by atoms with E-state index in [0.717, 1.165) is 96.2 Å². The molecule has 8 aromatic rings. The van der Waals surface area contributed by atoms with Crippen LogP contribution >= 0.6 is 0 Å². The zero-order valence-electron chi connectivity index (χ0n) is 50.0. The average Bonchev–Trinajstić information content (AvgIpc) is 4.44. The largest absolute Gasteiger partial charge is 0.497 e. The molecule has 444 valence electrons. The number of piperazine rings is 1. The van der Waals surface area contributed by atoms with E-state index in [0.29, 0.717) is 77.8 Å². The molecule has 0 bridgehead atoms. The molecule has 2 saturated heterocycles. The van der Waals surface area contributed by atoms with Gasteiger partial charge in [0, 0.05) is 129 Å². The number of hydrogen-bond acceptors (Lipinski definition) is 17. The second-order valence-electron chi connectivity index (χ2n) is 21.6. The minimum Gasteiger partial charge on any atom is -0.497 e. The van der Waals surface area contributed by atoms with Gasteiger partial charge in [-0.05, 0) is 115 Å². The molecule has 0 atom stereocenters. The molecule has 0 N–H and O–H groups in total. The minimum absolute atomic E-state index is 0.345. The summed E-state index contributed by atoms with van der Waals surface area (Å²) in [6, 6.07) is 51.0. The van der Waals surface area contributed by atoms with Crippen LogP contribution in [0.1, 0.15) is 46.5 Å². The van der Waals surface area contributed by atoms with Crippen LogP contribution in [0.3, 0.4) is 0 Å². The SMILES string of the molecule is COc1cccc(CN(Cc2ccc(N3CCCC3)cc2)c2nc(COCCOc3cccc(N(C)C)c3)co2)c1.COc1cccc(CN(Cc2ccc(N3CCN(C)CC3)cc2)c2nc(COCCOc3cccc(N(C)C)c3)co2)c1. The lowest BCUT2D eigenvalue weighted by Gasteiger charge is -2.34. The molecule has 4 heterocycles. The van der Waals surface area contributed by atoms with Crippen LogP contribution in [0.2, 0.25) is 0 Å². The van der Waals surface area contributed by atoms with E-state index < -0.39 is 0 Å². The standard InChI is InChI=1S/C34H43N5O4.C33H40N4O4/c1-36(2)31-8-6-10-33(22-31)42-20-19-41-25-29-26-43-34(35-29)39(24-28-7-5-9-32(21-28)40-4)23-27-11-13-30(14-12-27)38-17-15-37(3)16-18-38;1-35(2)30-9-7-11-32(21-30)40-19-18-39-24-28-25-41-33(34-28)37(23-27-8-6-10-31(20-27)38-3)22-26-12-14-29(15-13-26)36-16-4-5-17-36/h5-14,21-22,26H,15-20,23-25H2,1-4H3;6-15,20-21,25H,4-5,16-19,22-24H2,1-3H3. The number of aromatic nitrogens is 2. The third-order valence-corrected chi connectivity index (χ3v) is 14.8. The number of benzene rings is 6. The third-order valence-electron chi connectivity index (χ3n) is 14.8. The Labute approximate surface area is 496 Å². The van der Waals surface area contributed by atoms with Gasteiger partial charge in [-0.15, -0.1) is 0 Å². The van der Waals surface area contributed by atoms with Gasteiger partial charge in [0.05, 0.1) is 40.6 Å². The highest BCUT2D eigenvalue weighted by Gasteiger charge is 2.20. The second-order valence-corrected chi connectivity index (χ2v) is 21.6. The van der Waals surface area contributed by atoms with Crippen molar-refractivity contribution in [3.05, 3.63) is 192 Å². The monoisotopic (exact) mass is 1140 g/mol. The molecule has 0 unspecified atom stereocenters. The topological polar surface area (TPSA) is 130 Å². The Morgan fingerprint density at radius 3 is 1.27 bits per heavy atom. The Hall–Kier alpha value is -8.38. The molecule has 2 aliphatic heterocycles. The fraction of sp³-hybridized carbons (Fsp3) is 0.373. The van der Waals surface area contributed by atoms with Crippen molar-refractivity contribution in [1.82, 2.24) is 14.9 Å². The summed E-state index contributed by atoms with van der Waals surface area (Å²) in [5, 5.41) is 0. The van der Waals surface area contributed by atoms with E-state index in [1.54, 1.807) is 26.7 Å². The number of oxazole rings is 2. The summed E-state index contributed by atoms with van der Waals surface area (Å²) in [4.78, 5) is 25.2. The number of methoxy groups -OCH3 is 2. The van der Waals surface area contributed by atoms with Crippen LogP contribution < -0.4 is 48.3 Å². The lowest BCUT2D eigenvalue weighted by atomic mass is 10.1. The van der Waals surface area contributed by atoms with Crippen LogP contribution in [0.25, 0.3) is 0 Å². The summed E-state index contributed by atoms with van der Waals surface area (Å²) >= 11 is 0. The predicted molar refractivity (Wildman–Crippen MR) is 335 cm³/mol. The molecule has 2 aromatic heterocycles. The molecule has 2 aliphatic rings. The molecule has 2 fully saturated rings. The summed E-state index contributed by atoms with van der Waals surface area (Å²) < 4.78 is 46.2. The van der Waals surface area contributed by atoms with Crippen LogP contribution in [0.4, 0.5) is 34.8 Å². The summed E-state index contributed by atoms with van der Waals surface area (Å²) in [6.07, 6.45) is 5.88. The van der Waals surface area contributed by atoms with E-state index in [-0.39, 0.29) is 0 Å². The third kappa shape index (κ3) is 18.1. The van der Waals surface area contributed by atoms with Gasteiger partial charge in [0.25, 0.3) is 12.0 Å². The molecule has 0 amide bonds. The Morgan fingerprint density at radius 1 is 0.440 bits per heavy atom. The van der Waals surface area contributed by atoms with Gasteiger partial charge in [0.2, 0.25) is 0 Å². The highest BCUT2D eigenvalue weighted by molar-refractivity contribution is 5.52. The fourth-order valence-corrected chi connectivity index (χ4v) is 9.98. The highest BCUT2D eigenvalue weighted by atomic mass is 16.5. The van der Waals surface area contributed by atoms with Gasteiger partial charge in [-0.25, -0.2) is 0 Å². The molecule has 0 spiro atoms. The summed E-state index contributed by atoms with van der Waals surface area (Å²) in [6.45, 7) is 11.6. The molecule has 10 rings (SSSR count). The summed E-state index contributed by atoms with van der Waals surface area (Å²) in [7, 11) is 13.6. The molecule has 84 heavy (non-hydrogen) atoms. The van der Waals surface area contributed by atoms with E-state index in [9.17, 15) is 0 Å². The van der Waals surface area contributed by atoms with Crippen LogP contribution in [0, 0.1) is 0 Å². The number of likely N-dealkylation sites (N-methyl/N-ethyl adjacent to an activating group) is 1. The van der Waals surface area contributed by atoms with Crippen molar-refractivity contribution in [3.8, 4) is 23.0 Å². The lowest BCUT2D eigenvalue weighted by Crippen LogP contribution is -2.44. The van der Waals surface area contributed by atoms with E-state index >= 15 is 0 Å². The molecule has 0 radical (unpaired) electrons. The first kappa shape index (κ1) is 60.2. The van der Waals surface area contributed by atoms with Crippen molar-refractivity contribution in [1.29, 1.82) is 0 Å². The number of rotatable bonds is 28. The molecule has 0 saturated carbocycles. The van der Waals surface area contributed by atoms with Gasteiger partial charge in [0.15, 0.2) is 0 Å². The zero-order valence-corrected chi connectivity index (χ0v) is 50.0. The number of ether oxygens (including phenoxy) is 6. The van der Waals surface area contributed by atoms with Gasteiger partial charge in [-0.2, -0.15) is 9.97 Å². The molecule has 0 aliphatic carbocycles. The number of nitrogens with zero attached hydrogens (tertiary/aromatic N) is 9. The van der Waals surface area contributed by atoms with Crippen molar-refractivity contribution in [3.63, 3.8) is 0 Å². The van der Waals surface area contributed by atoms with Crippen LogP contribution in [-0.4, -0.2) is 130 Å². The zero-order chi connectivity index (χ0) is 58.5. The van der Waals surface area contributed by atoms with E-state index in [1.807, 2.05) is 123 Å².